The van der Waals surface area contributed by atoms with E-state index in [0.29, 0.717) is 5.25 Å². The Morgan fingerprint density at radius 3 is 2.50 bits per heavy atom. The zero-order chi connectivity index (χ0) is 7.28. The normalized spacial score (nSPS) is 13.2. The summed E-state index contributed by atoms with van der Waals surface area (Å²) in [6, 6.07) is 0. The first-order valence-corrected chi connectivity index (χ1v) is 5.87. The Morgan fingerprint density at radius 2 is 2.20 bits per heavy atom. The molecule has 0 rings (SSSR count). The number of thioether (sulfide) groups is 1. The second-order valence-corrected chi connectivity index (χ2v) is 6.03. The zero-order valence-corrected chi connectivity index (χ0v) is 11.2. The van der Waals surface area contributed by atoms with Crippen LogP contribution in [0.25, 0.3) is 0 Å². The van der Waals surface area contributed by atoms with Crippen LogP contribution in [-0.4, -0.2) is 20.9 Å². The minimum atomic E-state index is 0. The van der Waals surface area contributed by atoms with Gasteiger partial charge in [-0.1, -0.05) is 18.9 Å². The maximum atomic E-state index is 4.74. The molecule has 0 saturated carbocycles. The van der Waals surface area contributed by atoms with Gasteiger partial charge < -0.3 is 27.4 Å². The van der Waals surface area contributed by atoms with Crippen molar-refractivity contribution in [1.29, 1.82) is 0 Å². The molecule has 56 valence electrons. The SMILES string of the molecule is C=[S-](=C[S-])CSC(C)C.[Na+]. The van der Waals surface area contributed by atoms with Gasteiger partial charge in [-0.2, -0.15) is 11.8 Å². The summed E-state index contributed by atoms with van der Waals surface area (Å²) in [5, 5.41) is 1.79. The van der Waals surface area contributed by atoms with Crippen LogP contribution < -0.4 is 29.6 Å². The minimum absolute atomic E-state index is 0. The van der Waals surface area contributed by atoms with E-state index in [9.17, 15) is 0 Å². The van der Waals surface area contributed by atoms with Crippen molar-refractivity contribution >= 4 is 45.0 Å². The second kappa shape index (κ2) is 8.88. The van der Waals surface area contributed by atoms with Crippen LogP contribution in [0.5, 0.6) is 0 Å². The van der Waals surface area contributed by atoms with Gasteiger partial charge in [0.15, 0.2) is 0 Å². The Hall–Kier alpha value is 1.79. The summed E-state index contributed by atoms with van der Waals surface area (Å²) in [5.41, 5.74) is 0. The standard InChI is InChI=1S/C6H13S3.Na/c1-6(2)8-5-9(3)4-7;/h4,6-7H,3,5H2,1-2H3;/q-1;+1/p-1. The van der Waals surface area contributed by atoms with Crippen molar-refractivity contribution in [2.24, 2.45) is 0 Å². The Kier molecular flexibility index (Phi) is 12.7. The van der Waals surface area contributed by atoms with Gasteiger partial charge in [-0.3, -0.25) is 0 Å². The van der Waals surface area contributed by atoms with E-state index in [4.69, 9.17) is 12.6 Å². The van der Waals surface area contributed by atoms with Crippen LogP contribution in [0.15, 0.2) is 0 Å². The Morgan fingerprint density at radius 1 is 1.70 bits per heavy atom. The molecule has 0 fully saturated rings. The van der Waals surface area contributed by atoms with Crippen molar-refractivity contribution in [2.45, 2.75) is 19.1 Å². The second-order valence-electron chi connectivity index (χ2n) is 1.97. The van der Waals surface area contributed by atoms with Crippen LogP contribution in [0.2, 0.25) is 0 Å². The summed E-state index contributed by atoms with van der Waals surface area (Å²) in [5.74, 6) is 3.88. The third kappa shape index (κ3) is 9.79. The summed E-state index contributed by atoms with van der Waals surface area (Å²) in [4.78, 5) is 0. The fraction of sp³-hybridized carbons (Fsp3) is 0.667. The number of rotatable bonds is 3. The van der Waals surface area contributed by atoms with Gasteiger partial charge >= 0.3 is 29.6 Å². The van der Waals surface area contributed by atoms with E-state index in [1.807, 2.05) is 11.8 Å². The van der Waals surface area contributed by atoms with E-state index in [0.717, 1.165) is 5.08 Å². The minimum Gasteiger partial charge on any atom is -0.793 e. The molecule has 0 aromatic heterocycles. The van der Waals surface area contributed by atoms with E-state index in [-0.39, 0.29) is 39.6 Å². The molecule has 0 aromatic carbocycles. The van der Waals surface area contributed by atoms with E-state index in [1.165, 1.54) is 0 Å². The van der Waals surface area contributed by atoms with Crippen molar-refractivity contribution in [2.75, 3.05) is 5.08 Å². The van der Waals surface area contributed by atoms with Gasteiger partial charge in [0.25, 0.3) is 0 Å². The van der Waals surface area contributed by atoms with Crippen molar-refractivity contribution in [3.63, 3.8) is 0 Å². The molecule has 0 bridgehead atoms. The van der Waals surface area contributed by atoms with Crippen LogP contribution in [0.1, 0.15) is 13.8 Å². The van der Waals surface area contributed by atoms with E-state index < -0.39 is 0 Å². The van der Waals surface area contributed by atoms with Gasteiger partial charge in [0.2, 0.25) is 0 Å². The Labute approximate surface area is 97.8 Å². The number of hydrogen-bond acceptors (Lipinski definition) is 3. The largest absolute Gasteiger partial charge is 1.00 e. The molecule has 0 atom stereocenters. The average molecular weight is 203 g/mol. The zero-order valence-electron chi connectivity index (χ0n) is 6.79. The monoisotopic (exact) mass is 203 g/mol. The molecule has 0 aromatic rings. The molecule has 0 aliphatic rings. The Balaban J connectivity index is 0. The predicted molar refractivity (Wildman–Crippen MR) is 55.5 cm³/mol. The first kappa shape index (κ1) is 14.3. The predicted octanol–water partition coefficient (Wildman–Crippen LogP) is -1.55. The smallest absolute Gasteiger partial charge is 0.793 e. The maximum absolute atomic E-state index is 4.74. The molecule has 0 nitrogen and oxygen atoms in total. The van der Waals surface area contributed by atoms with E-state index in [1.54, 1.807) is 4.70 Å². The summed E-state index contributed by atoms with van der Waals surface area (Å²) < 4.78 is 1.76. The van der Waals surface area contributed by atoms with Crippen molar-refractivity contribution in [3.8, 4) is 0 Å². The molecule has 0 saturated heterocycles. The third-order valence-corrected chi connectivity index (χ3v) is 4.20. The van der Waals surface area contributed by atoms with Crippen LogP contribution in [-0.2, 0) is 22.7 Å². The molecular formula is C6H12NaS3-. The summed E-state index contributed by atoms with van der Waals surface area (Å²) in [6.45, 7) is 4.37. The van der Waals surface area contributed by atoms with Crippen LogP contribution in [0, 0.1) is 0 Å². The van der Waals surface area contributed by atoms with Crippen molar-refractivity contribution in [1.82, 2.24) is 0 Å². The van der Waals surface area contributed by atoms with E-state index >= 15 is 0 Å². The van der Waals surface area contributed by atoms with Gasteiger partial charge in [-0.05, 0) is 5.25 Å². The van der Waals surface area contributed by atoms with Crippen LogP contribution in [0.4, 0.5) is 0 Å². The van der Waals surface area contributed by atoms with Gasteiger partial charge in [0.1, 0.15) is 0 Å². The van der Waals surface area contributed by atoms with Gasteiger partial charge in [0.05, 0.1) is 0 Å². The summed E-state index contributed by atoms with van der Waals surface area (Å²) >= 11 is 6.65. The quantitative estimate of drug-likeness (QED) is 0.309. The maximum Gasteiger partial charge on any atom is 1.00 e. The Bertz CT molecular complexity index is 136. The van der Waals surface area contributed by atoms with Crippen LogP contribution in [0.3, 0.4) is 0 Å². The molecule has 0 amide bonds. The molecule has 0 N–H and O–H groups in total. The third-order valence-electron chi connectivity index (χ3n) is 0.689. The summed E-state index contributed by atoms with van der Waals surface area (Å²) in [6.07, 6.45) is 0. The van der Waals surface area contributed by atoms with Gasteiger partial charge in [0, 0.05) is 0 Å². The molecule has 0 spiro atoms. The number of hydrogen-bond donors (Lipinski definition) is 0. The molecule has 0 radical (unpaired) electrons. The molecule has 0 heterocycles. The average Bonchev–Trinajstić information content (AvgIpc) is 1.83. The molecule has 0 aliphatic heterocycles. The molecule has 0 aliphatic carbocycles. The van der Waals surface area contributed by atoms with E-state index in [2.05, 4.69) is 19.7 Å². The fourth-order valence-corrected chi connectivity index (χ4v) is 2.76. The van der Waals surface area contributed by atoms with Crippen molar-refractivity contribution in [3.05, 3.63) is 0 Å². The molecule has 10 heavy (non-hydrogen) atoms. The topological polar surface area (TPSA) is 0 Å². The summed E-state index contributed by atoms with van der Waals surface area (Å²) in [7, 11) is 0.105. The fourth-order valence-electron chi connectivity index (χ4n) is 0.251. The first-order valence-electron chi connectivity index (χ1n) is 2.73. The molecular weight excluding hydrogens is 191 g/mol. The van der Waals surface area contributed by atoms with Gasteiger partial charge in [-0.15, -0.1) is 0 Å². The molecule has 0 unspecified atom stereocenters. The van der Waals surface area contributed by atoms with Crippen molar-refractivity contribution < 1.29 is 29.6 Å². The first-order chi connectivity index (χ1) is 4.16. The molecule has 4 heteroatoms. The van der Waals surface area contributed by atoms with Crippen LogP contribution >= 0.6 is 11.8 Å². The van der Waals surface area contributed by atoms with Gasteiger partial charge in [-0.25, -0.2) is 5.87 Å².